The number of esters is 3. The number of hydrogen-bond donors (Lipinski definition) is 0. The van der Waals surface area contributed by atoms with Crippen LogP contribution in [0.1, 0.15) is 173 Å². The van der Waals surface area contributed by atoms with Crippen molar-refractivity contribution in [1.82, 2.24) is 0 Å². The molecule has 6 atom stereocenters. The Kier molecular flexibility index (Phi) is 28.4. The van der Waals surface area contributed by atoms with E-state index in [1.54, 1.807) is 36.5 Å². The highest BCUT2D eigenvalue weighted by Gasteiger charge is 2.34. The van der Waals surface area contributed by atoms with Crippen LogP contribution in [0.2, 0.25) is 0 Å². The van der Waals surface area contributed by atoms with Gasteiger partial charge in [-0.1, -0.05) is 54.7 Å². The van der Waals surface area contributed by atoms with Crippen LogP contribution in [0, 0.1) is 17.8 Å². The first kappa shape index (κ1) is 67.7. The molecular formula is C60H72F12O9. The molecule has 0 saturated carbocycles. The Morgan fingerprint density at radius 1 is 0.370 bits per heavy atom. The van der Waals surface area contributed by atoms with Crippen LogP contribution in [0.15, 0.2) is 107 Å². The molecule has 0 N–H and O–H groups in total. The second kappa shape index (κ2) is 34.0. The summed E-state index contributed by atoms with van der Waals surface area (Å²) in [5.41, 5.74) is 0.176. The number of unbranched alkanes of at least 4 members (excludes halogenated alkanes) is 3. The summed E-state index contributed by atoms with van der Waals surface area (Å²) in [7, 11) is 0. The fourth-order valence-corrected chi connectivity index (χ4v) is 9.71. The number of carbonyl (C=O) groups excluding carboxylic acids is 6. The summed E-state index contributed by atoms with van der Waals surface area (Å²) in [5, 5.41) is 0. The van der Waals surface area contributed by atoms with Crippen molar-refractivity contribution in [2.24, 2.45) is 17.8 Å². The van der Waals surface area contributed by atoms with Gasteiger partial charge in [-0.05, 0) is 134 Å². The van der Waals surface area contributed by atoms with Crippen molar-refractivity contribution in [2.45, 2.75) is 210 Å². The fourth-order valence-electron chi connectivity index (χ4n) is 9.71. The van der Waals surface area contributed by atoms with Crippen LogP contribution < -0.4 is 0 Å². The van der Waals surface area contributed by atoms with Gasteiger partial charge in [0.2, 0.25) is 17.3 Å². The minimum Gasteiger partial charge on any atom is -0.462 e. The van der Waals surface area contributed by atoms with Gasteiger partial charge < -0.3 is 14.2 Å². The van der Waals surface area contributed by atoms with E-state index in [0.29, 0.717) is 19.3 Å². The van der Waals surface area contributed by atoms with Crippen molar-refractivity contribution in [2.75, 3.05) is 0 Å². The molecule has 21 heteroatoms. The zero-order valence-corrected chi connectivity index (χ0v) is 45.2. The molecular weight excluding hydrogens is 1090 g/mol. The lowest BCUT2D eigenvalue weighted by Crippen LogP contribution is -2.19. The molecule has 81 heavy (non-hydrogen) atoms. The highest BCUT2D eigenvalue weighted by Crippen LogP contribution is 2.36. The van der Waals surface area contributed by atoms with E-state index in [0.717, 1.165) is 18.2 Å². The number of fused-ring (bicyclic) bond motifs is 3. The normalized spacial score (nSPS) is 24.9. The Morgan fingerprint density at radius 2 is 0.630 bits per heavy atom. The second-order valence-electron chi connectivity index (χ2n) is 20.8. The molecule has 450 valence electrons. The predicted molar refractivity (Wildman–Crippen MR) is 277 cm³/mol. The van der Waals surface area contributed by atoms with E-state index in [2.05, 4.69) is 0 Å². The third-order valence-corrected chi connectivity index (χ3v) is 14.0. The summed E-state index contributed by atoms with van der Waals surface area (Å²) in [6.07, 6.45) is -0.832. The molecule has 0 spiro atoms. The smallest absolute Gasteiger partial charge is 0.389 e. The number of alkyl halides is 9. The van der Waals surface area contributed by atoms with Crippen LogP contribution in [0.3, 0.4) is 0 Å². The molecule has 0 aromatic carbocycles. The zero-order valence-electron chi connectivity index (χ0n) is 45.2. The molecule has 6 unspecified atom stereocenters. The number of ether oxygens (including phenoxy) is 3. The number of carbonyl (C=O) groups is 6. The van der Waals surface area contributed by atoms with Crippen molar-refractivity contribution in [1.29, 1.82) is 0 Å². The molecule has 4 rings (SSSR count). The summed E-state index contributed by atoms with van der Waals surface area (Å²) >= 11 is 0. The van der Waals surface area contributed by atoms with Gasteiger partial charge in [0.05, 0.1) is 0 Å². The average molecular weight is 1170 g/mol. The Bertz CT molecular complexity index is 2160. The van der Waals surface area contributed by atoms with Crippen molar-refractivity contribution in [3.05, 3.63) is 107 Å². The van der Waals surface area contributed by atoms with Crippen molar-refractivity contribution in [3.8, 4) is 0 Å². The molecule has 9 nitrogen and oxygen atoms in total. The van der Waals surface area contributed by atoms with E-state index in [-0.39, 0.29) is 152 Å². The Hall–Kier alpha value is -5.76. The first-order chi connectivity index (χ1) is 38.3. The first-order valence-electron chi connectivity index (χ1n) is 27.9. The van der Waals surface area contributed by atoms with Crippen LogP contribution in [-0.2, 0) is 43.0 Å². The number of halogens is 12. The summed E-state index contributed by atoms with van der Waals surface area (Å²) in [6, 6.07) is 0. The Labute approximate surface area is 464 Å². The molecule has 0 amide bonds. The van der Waals surface area contributed by atoms with E-state index in [1.165, 1.54) is 18.2 Å². The van der Waals surface area contributed by atoms with E-state index in [4.69, 9.17) is 14.2 Å². The van der Waals surface area contributed by atoms with Gasteiger partial charge in [-0.25, -0.2) is 13.2 Å². The van der Waals surface area contributed by atoms with Crippen LogP contribution >= 0.6 is 0 Å². The SMILES string of the molecule is O=C1CCCC=CCC2C=C(F)C(=O)C2=CCC(CCCCC(F)(F)F)OC(=O)CCCC=CCC2C=C(F)C(=O)C2=CCC(CCCCC(F)(F)F)OC(=O)CCCC=CCC2C=C(F)C(=O)C2=CCC(CCCCC(F)(F)F)O1. The van der Waals surface area contributed by atoms with Gasteiger partial charge >= 0.3 is 36.4 Å². The van der Waals surface area contributed by atoms with Gasteiger partial charge in [0.25, 0.3) is 0 Å². The third kappa shape index (κ3) is 26.8. The van der Waals surface area contributed by atoms with Gasteiger partial charge in [-0.15, -0.1) is 0 Å². The highest BCUT2D eigenvalue weighted by atomic mass is 19.4. The number of allylic oxidation sites excluding steroid dienone is 15. The molecule has 0 aromatic rings. The number of hydrogen-bond acceptors (Lipinski definition) is 9. The molecule has 0 saturated heterocycles. The average Bonchev–Trinajstić information content (AvgIpc) is 3.94. The van der Waals surface area contributed by atoms with E-state index >= 15 is 0 Å². The van der Waals surface area contributed by atoms with Gasteiger partial charge in [0, 0.05) is 92.3 Å². The van der Waals surface area contributed by atoms with Gasteiger partial charge in [-0.2, -0.15) is 39.5 Å². The summed E-state index contributed by atoms with van der Waals surface area (Å²) < 4.78 is 178. The van der Waals surface area contributed by atoms with E-state index in [1.807, 2.05) is 0 Å². The van der Waals surface area contributed by atoms with Crippen LogP contribution in [0.4, 0.5) is 52.7 Å². The summed E-state index contributed by atoms with van der Waals surface area (Å²) in [5.74, 6) is -9.97. The van der Waals surface area contributed by atoms with Crippen molar-refractivity contribution in [3.63, 3.8) is 0 Å². The Balaban J connectivity index is 1.54. The molecule has 3 aliphatic carbocycles. The molecule has 0 fully saturated rings. The molecule has 1 aliphatic heterocycles. The van der Waals surface area contributed by atoms with Crippen molar-refractivity contribution >= 4 is 35.3 Å². The maximum absolute atomic E-state index is 14.7. The molecule has 0 aromatic heterocycles. The topological polar surface area (TPSA) is 130 Å². The minimum atomic E-state index is -4.41. The zero-order chi connectivity index (χ0) is 59.6. The maximum atomic E-state index is 14.7. The number of cyclic esters (lactones) is 3. The number of ketones is 3. The number of Topliss-reactive ketones (excluding diaryl/α,β-unsaturated/α-hetero) is 3. The van der Waals surface area contributed by atoms with E-state index < -0.39 is 127 Å². The van der Waals surface area contributed by atoms with Gasteiger partial charge in [0.15, 0.2) is 17.5 Å². The quantitative estimate of drug-likeness (QED) is 0.0616. The standard InChI is InChI=1S/C60H72F12O9/c61-49-37-40-19-7-1-4-10-25-52(73)79-43(22-13-16-34-58(64,65)66)29-32-47-41(38-50(62)56(47)77)20-8-3-6-12-27-54(75)81-45(24-15-18-36-60(70,71)72)30-33-48-42(39-51(63)57(48)78)21-9-2-5-11-26-53(74)80-44(28-31-46(40)55(49)76)23-14-17-35-59(67,68)69/h1-3,7-9,31-33,37-45H,4-6,10-30,34-36H2. The van der Waals surface area contributed by atoms with Crippen LogP contribution in [0.25, 0.3) is 0 Å². The lowest BCUT2D eigenvalue weighted by Gasteiger charge is -2.18. The first-order valence-corrected chi connectivity index (χ1v) is 27.9. The molecule has 4 aliphatic rings. The lowest BCUT2D eigenvalue weighted by molar-refractivity contribution is -0.150. The fraction of sp³-hybridized carbons (Fsp3) is 0.600. The lowest BCUT2D eigenvalue weighted by atomic mass is 9.95. The monoisotopic (exact) mass is 1160 g/mol. The maximum Gasteiger partial charge on any atom is 0.389 e. The third-order valence-electron chi connectivity index (χ3n) is 14.0. The largest absolute Gasteiger partial charge is 0.462 e. The predicted octanol–water partition coefficient (Wildman–Crippen LogP) is 16.6. The Morgan fingerprint density at radius 3 is 0.877 bits per heavy atom. The van der Waals surface area contributed by atoms with E-state index in [9.17, 15) is 81.5 Å². The molecule has 1 heterocycles. The van der Waals surface area contributed by atoms with Crippen LogP contribution in [0.5, 0.6) is 0 Å². The summed E-state index contributed by atoms with van der Waals surface area (Å²) in [6.45, 7) is 0. The second-order valence-corrected chi connectivity index (χ2v) is 20.8. The van der Waals surface area contributed by atoms with Crippen molar-refractivity contribution < 1.29 is 95.7 Å². The highest BCUT2D eigenvalue weighted by molar-refractivity contribution is 6.11. The minimum absolute atomic E-state index is 0.00967. The summed E-state index contributed by atoms with van der Waals surface area (Å²) in [4.78, 5) is 77.7. The number of rotatable bonds is 12. The molecule has 0 bridgehead atoms. The van der Waals surface area contributed by atoms with Gasteiger partial charge in [-0.3, -0.25) is 28.8 Å². The van der Waals surface area contributed by atoms with Crippen LogP contribution in [-0.4, -0.2) is 72.1 Å². The van der Waals surface area contributed by atoms with Gasteiger partial charge in [0.1, 0.15) is 18.3 Å². The molecule has 0 radical (unpaired) electrons.